The molecule has 10 heavy (non-hydrogen) atoms. The monoisotopic (exact) mass is 157 g/mol. The lowest BCUT2D eigenvalue weighted by Gasteiger charge is -1.92. The molecule has 0 amide bonds. The normalized spacial score (nSPS) is 10.1. The Kier molecular flexibility index (Phi) is 6.19. The molecule has 1 nitrogen and oxygen atoms in total. The van der Waals surface area contributed by atoms with E-state index in [0.717, 1.165) is 12.8 Å². The molecule has 0 fully saturated rings. The van der Waals surface area contributed by atoms with Crippen molar-refractivity contribution in [3.63, 3.8) is 0 Å². The molecule has 0 saturated carbocycles. The molecule has 56 valence electrons. The first-order valence-corrected chi connectivity index (χ1v) is 3.77. The van der Waals surface area contributed by atoms with E-state index in [-0.39, 0.29) is 0 Å². The lowest BCUT2D eigenvalue weighted by atomic mass is 10.2. The van der Waals surface area contributed by atoms with Crippen molar-refractivity contribution in [2.45, 2.75) is 12.8 Å². The van der Waals surface area contributed by atoms with Gasteiger partial charge in [-0.3, -0.25) is 0 Å². The molecule has 0 unspecified atom stereocenters. The summed E-state index contributed by atoms with van der Waals surface area (Å²) < 4.78 is 0. The molecule has 0 bridgehead atoms. The third-order valence-corrected chi connectivity index (χ3v) is 1.28. The number of hydrogen-bond acceptors (Lipinski definition) is 1. The van der Waals surface area contributed by atoms with Crippen LogP contribution in [0.4, 0.5) is 0 Å². The average Bonchev–Trinajstić information content (AvgIpc) is 1.97. The van der Waals surface area contributed by atoms with Gasteiger partial charge in [0, 0.05) is 11.6 Å². The highest BCUT2D eigenvalue weighted by molar-refractivity contribution is 6.18. The molecule has 0 aromatic rings. The highest BCUT2D eigenvalue weighted by atomic mass is 35.5. The number of nitrogens with one attached hydrogen (secondary N) is 1. The Hall–Kier alpha value is -0.560. The van der Waals surface area contributed by atoms with Gasteiger partial charge in [0.25, 0.3) is 0 Å². The Bertz CT molecular complexity index is 138. The van der Waals surface area contributed by atoms with Crippen LogP contribution in [0, 0.1) is 5.41 Å². The lowest BCUT2D eigenvalue weighted by molar-refractivity contribution is 0.998. The van der Waals surface area contributed by atoms with Crippen LogP contribution >= 0.6 is 11.6 Å². The number of alkyl halides is 1. The molecule has 0 aliphatic rings. The standard InChI is InChI=1S/C8H12ClN/c1-2-3-5-8(10)6-4-7-9/h2-3,5,10H,1,4,6-7H2/b5-3-,10-8?. The van der Waals surface area contributed by atoms with E-state index in [1.165, 1.54) is 0 Å². The van der Waals surface area contributed by atoms with Crippen LogP contribution in [0.15, 0.2) is 24.8 Å². The van der Waals surface area contributed by atoms with E-state index >= 15 is 0 Å². The van der Waals surface area contributed by atoms with Gasteiger partial charge in [0.05, 0.1) is 0 Å². The van der Waals surface area contributed by atoms with Crippen molar-refractivity contribution < 1.29 is 0 Å². The summed E-state index contributed by atoms with van der Waals surface area (Å²) in [5, 5.41) is 7.30. The van der Waals surface area contributed by atoms with Crippen LogP contribution in [0.3, 0.4) is 0 Å². The van der Waals surface area contributed by atoms with Crippen molar-refractivity contribution in [2.24, 2.45) is 0 Å². The van der Waals surface area contributed by atoms with E-state index in [0.29, 0.717) is 11.6 Å². The molecule has 0 atom stereocenters. The highest BCUT2D eigenvalue weighted by Gasteiger charge is 1.88. The summed E-state index contributed by atoms with van der Waals surface area (Å²) in [5.41, 5.74) is 0.612. The van der Waals surface area contributed by atoms with E-state index in [1.54, 1.807) is 18.2 Å². The van der Waals surface area contributed by atoms with E-state index < -0.39 is 0 Å². The zero-order chi connectivity index (χ0) is 7.82. The molecule has 0 rings (SSSR count). The Morgan fingerprint density at radius 2 is 2.30 bits per heavy atom. The highest BCUT2D eigenvalue weighted by Crippen LogP contribution is 1.94. The van der Waals surface area contributed by atoms with Crippen LogP contribution in [0.25, 0.3) is 0 Å². The molecule has 2 heteroatoms. The Morgan fingerprint density at radius 3 is 2.80 bits per heavy atom. The quantitative estimate of drug-likeness (QED) is 0.361. The molecule has 0 saturated heterocycles. The summed E-state index contributed by atoms with van der Waals surface area (Å²) in [7, 11) is 0. The maximum absolute atomic E-state index is 7.30. The van der Waals surface area contributed by atoms with Gasteiger partial charge in [-0.1, -0.05) is 18.7 Å². The van der Waals surface area contributed by atoms with Gasteiger partial charge in [0.15, 0.2) is 0 Å². The van der Waals surface area contributed by atoms with Gasteiger partial charge in [0.1, 0.15) is 0 Å². The topological polar surface area (TPSA) is 23.9 Å². The number of rotatable bonds is 5. The predicted molar refractivity (Wildman–Crippen MR) is 47.0 cm³/mol. The van der Waals surface area contributed by atoms with Crippen LogP contribution < -0.4 is 0 Å². The van der Waals surface area contributed by atoms with E-state index in [1.807, 2.05) is 0 Å². The molecule has 0 aliphatic carbocycles. The molecule has 0 spiro atoms. The predicted octanol–water partition coefficient (Wildman–Crippen LogP) is 2.77. The summed E-state index contributed by atoms with van der Waals surface area (Å²) in [6.45, 7) is 3.50. The maximum atomic E-state index is 7.30. The molecule has 0 radical (unpaired) electrons. The second-order valence-electron chi connectivity index (χ2n) is 1.91. The van der Waals surface area contributed by atoms with Gasteiger partial charge in [-0.15, -0.1) is 11.6 Å². The summed E-state index contributed by atoms with van der Waals surface area (Å²) in [6.07, 6.45) is 6.79. The van der Waals surface area contributed by atoms with E-state index in [2.05, 4.69) is 6.58 Å². The molecular weight excluding hydrogens is 146 g/mol. The third kappa shape index (κ3) is 5.57. The van der Waals surface area contributed by atoms with E-state index in [9.17, 15) is 0 Å². The Balaban J connectivity index is 3.43. The fourth-order valence-electron chi connectivity index (χ4n) is 0.525. The minimum absolute atomic E-state index is 0.612. The summed E-state index contributed by atoms with van der Waals surface area (Å²) in [6, 6.07) is 0. The Morgan fingerprint density at radius 1 is 1.60 bits per heavy atom. The minimum atomic E-state index is 0.612. The maximum Gasteiger partial charge on any atom is 0.0314 e. The first-order chi connectivity index (χ1) is 4.81. The minimum Gasteiger partial charge on any atom is -0.305 e. The van der Waals surface area contributed by atoms with Crippen LogP contribution in [0.2, 0.25) is 0 Å². The smallest absolute Gasteiger partial charge is 0.0314 e. The number of allylic oxidation sites excluding steroid dienone is 3. The van der Waals surface area contributed by atoms with Crippen molar-refractivity contribution in [3.05, 3.63) is 24.8 Å². The van der Waals surface area contributed by atoms with Crippen molar-refractivity contribution in [1.82, 2.24) is 0 Å². The van der Waals surface area contributed by atoms with Gasteiger partial charge in [-0.05, 0) is 18.9 Å². The second kappa shape index (κ2) is 6.56. The molecular formula is C8H12ClN. The van der Waals surface area contributed by atoms with Crippen molar-refractivity contribution in [1.29, 1.82) is 5.41 Å². The molecule has 0 heterocycles. The first kappa shape index (κ1) is 9.44. The summed E-state index contributed by atoms with van der Waals surface area (Å²) in [4.78, 5) is 0. The van der Waals surface area contributed by atoms with Gasteiger partial charge in [-0.25, -0.2) is 0 Å². The largest absolute Gasteiger partial charge is 0.305 e. The SMILES string of the molecule is C=C/C=C\C(=N)CCCCl. The van der Waals surface area contributed by atoms with Crippen LogP contribution in [-0.4, -0.2) is 11.6 Å². The van der Waals surface area contributed by atoms with Crippen molar-refractivity contribution >= 4 is 17.3 Å². The second-order valence-corrected chi connectivity index (χ2v) is 2.29. The zero-order valence-corrected chi connectivity index (χ0v) is 6.69. The fourth-order valence-corrected chi connectivity index (χ4v) is 0.658. The first-order valence-electron chi connectivity index (χ1n) is 3.23. The average molecular weight is 158 g/mol. The lowest BCUT2D eigenvalue weighted by Crippen LogP contribution is -1.90. The fraction of sp³-hybridized carbons (Fsp3) is 0.375. The summed E-state index contributed by atoms with van der Waals surface area (Å²) in [5.74, 6) is 0.629. The van der Waals surface area contributed by atoms with Crippen LogP contribution in [0.5, 0.6) is 0 Å². The number of halogens is 1. The third-order valence-electron chi connectivity index (χ3n) is 1.01. The van der Waals surface area contributed by atoms with E-state index in [4.69, 9.17) is 17.0 Å². The van der Waals surface area contributed by atoms with Gasteiger partial charge < -0.3 is 5.41 Å². The van der Waals surface area contributed by atoms with Crippen LogP contribution in [-0.2, 0) is 0 Å². The van der Waals surface area contributed by atoms with Crippen LogP contribution in [0.1, 0.15) is 12.8 Å². The summed E-state index contributed by atoms with van der Waals surface area (Å²) >= 11 is 5.44. The Labute approximate surface area is 66.9 Å². The van der Waals surface area contributed by atoms with Crippen molar-refractivity contribution in [3.8, 4) is 0 Å². The molecule has 0 aromatic carbocycles. The molecule has 1 N–H and O–H groups in total. The van der Waals surface area contributed by atoms with Gasteiger partial charge in [-0.2, -0.15) is 0 Å². The van der Waals surface area contributed by atoms with Crippen molar-refractivity contribution in [2.75, 3.05) is 5.88 Å². The molecule has 0 aromatic heterocycles. The zero-order valence-electron chi connectivity index (χ0n) is 5.94. The number of hydrogen-bond donors (Lipinski definition) is 1. The van der Waals surface area contributed by atoms with Gasteiger partial charge in [0.2, 0.25) is 0 Å². The van der Waals surface area contributed by atoms with Gasteiger partial charge >= 0.3 is 0 Å². The molecule has 0 aliphatic heterocycles.